The number of carbonyl (C=O) groups is 3. The highest BCUT2D eigenvalue weighted by molar-refractivity contribution is 6.40. The summed E-state index contributed by atoms with van der Waals surface area (Å²) in [5.74, 6) is -0.811. The van der Waals surface area contributed by atoms with E-state index in [4.69, 9.17) is 9.98 Å². The number of amidine groups is 2. The van der Waals surface area contributed by atoms with E-state index in [1.54, 1.807) is 48.5 Å². The Kier molecular flexibility index (Phi) is 6.49. The lowest BCUT2D eigenvalue weighted by Gasteiger charge is -2.20. The van der Waals surface area contributed by atoms with Crippen LogP contribution in [0.4, 0.5) is 22.7 Å². The summed E-state index contributed by atoms with van der Waals surface area (Å²) in [6.07, 6.45) is 0. The Morgan fingerprint density at radius 1 is 0.440 bits per heavy atom. The number of anilines is 2. The molecule has 0 saturated carbocycles. The average Bonchev–Trinajstić information content (AvgIpc) is 3.65. The molecule has 238 valence electrons. The van der Waals surface area contributed by atoms with E-state index in [0.717, 1.165) is 0 Å². The molecule has 10 heteroatoms. The van der Waals surface area contributed by atoms with E-state index >= 15 is 0 Å². The van der Waals surface area contributed by atoms with Crippen LogP contribution in [-0.2, 0) is 9.59 Å². The number of aliphatic imine (C=N–C) groups is 2. The molecule has 5 N–H and O–H groups in total. The molecule has 0 saturated heterocycles. The summed E-state index contributed by atoms with van der Waals surface area (Å²) in [6.45, 7) is 0. The Bertz CT molecular complexity index is 2320. The molecule has 5 aromatic rings. The third kappa shape index (κ3) is 4.58. The minimum atomic E-state index is -0.542. The molecule has 0 radical (unpaired) electrons. The summed E-state index contributed by atoms with van der Waals surface area (Å²) < 4.78 is 0. The fourth-order valence-corrected chi connectivity index (χ4v) is 6.64. The van der Waals surface area contributed by atoms with Gasteiger partial charge in [-0.25, -0.2) is 9.98 Å². The minimum absolute atomic E-state index is 0.0488. The number of fused-ring (bicyclic) bond motifs is 4. The van der Waals surface area contributed by atoms with Gasteiger partial charge in [-0.1, -0.05) is 60.7 Å². The third-order valence-electron chi connectivity index (χ3n) is 8.96. The van der Waals surface area contributed by atoms with E-state index in [1.807, 2.05) is 72.8 Å². The molecule has 0 atom stereocenters. The molecule has 0 bridgehead atoms. The Morgan fingerprint density at radius 3 is 1.44 bits per heavy atom. The molecule has 9 rings (SSSR count). The fraction of sp³-hybridized carbons (Fsp3) is 0. The molecule has 0 unspecified atom stereocenters. The normalized spacial score (nSPS) is 20.4. The summed E-state index contributed by atoms with van der Waals surface area (Å²) in [7, 11) is 0. The van der Waals surface area contributed by atoms with Crippen molar-refractivity contribution >= 4 is 69.2 Å². The second-order valence-corrected chi connectivity index (χ2v) is 12.0. The van der Waals surface area contributed by atoms with E-state index in [2.05, 4.69) is 21.3 Å². The highest BCUT2D eigenvalue weighted by Gasteiger charge is 2.42. The van der Waals surface area contributed by atoms with Crippen molar-refractivity contribution in [2.24, 2.45) is 9.98 Å². The predicted molar refractivity (Wildman–Crippen MR) is 192 cm³/mol. The summed E-state index contributed by atoms with van der Waals surface area (Å²) in [4.78, 5) is 62.5. The largest absolute Gasteiger partial charge is 0.364 e. The highest BCUT2D eigenvalue weighted by Crippen LogP contribution is 2.40. The van der Waals surface area contributed by atoms with Crippen molar-refractivity contribution in [2.75, 3.05) is 10.6 Å². The Labute approximate surface area is 285 Å². The van der Waals surface area contributed by atoms with E-state index < -0.39 is 17.6 Å². The lowest BCUT2D eigenvalue weighted by atomic mass is 9.90. The van der Waals surface area contributed by atoms with Crippen LogP contribution in [0.1, 0.15) is 38.2 Å². The van der Waals surface area contributed by atoms with Crippen molar-refractivity contribution in [1.29, 1.82) is 0 Å². The average molecular weight is 654 g/mol. The van der Waals surface area contributed by atoms with Gasteiger partial charge in [-0.05, 0) is 60.7 Å². The molecular weight excluding hydrogens is 628 g/mol. The summed E-state index contributed by atoms with van der Waals surface area (Å²) in [5, 5.41) is 12.4. The number of carbonyl (C=O) groups excluding carboxylic acids is 4. The number of Topliss-reactive ketones (excluding diaryl/α,β-unsaturated/α-hetero) is 1. The first kappa shape index (κ1) is 29.0. The van der Waals surface area contributed by atoms with Gasteiger partial charge >= 0.3 is 5.78 Å². The number of ketones is 2. The molecule has 4 aliphatic rings. The van der Waals surface area contributed by atoms with Crippen molar-refractivity contribution in [3.05, 3.63) is 166 Å². The first-order valence-electron chi connectivity index (χ1n) is 15.9. The Morgan fingerprint density at radius 2 is 0.880 bits per heavy atom. The van der Waals surface area contributed by atoms with Gasteiger partial charge in [0.2, 0.25) is 5.78 Å². The molecular formula is C40H25N6O4+. The lowest BCUT2D eigenvalue weighted by molar-refractivity contribution is -0.113. The van der Waals surface area contributed by atoms with E-state index in [-0.39, 0.29) is 16.9 Å². The topological polar surface area (TPSA) is 145 Å². The van der Waals surface area contributed by atoms with Crippen molar-refractivity contribution < 1.29 is 19.2 Å². The van der Waals surface area contributed by atoms with Crippen LogP contribution in [0, 0.1) is 0 Å². The van der Waals surface area contributed by atoms with Crippen LogP contribution in [-0.4, -0.2) is 39.8 Å². The van der Waals surface area contributed by atoms with Gasteiger partial charge in [0, 0.05) is 27.8 Å². The maximum Gasteiger partial charge on any atom is 0.364 e. The lowest BCUT2D eigenvalue weighted by Crippen LogP contribution is -2.31. The van der Waals surface area contributed by atoms with Crippen molar-refractivity contribution in [1.82, 2.24) is 10.6 Å². The van der Waals surface area contributed by atoms with Gasteiger partial charge in [-0.15, -0.1) is 0 Å². The number of nitrogens with one attached hydrogen (secondary N) is 4. The summed E-state index contributed by atoms with van der Waals surface area (Å²) >= 11 is 0. The monoisotopic (exact) mass is 653 g/mol. The quantitative estimate of drug-likeness (QED) is 0.107. The van der Waals surface area contributed by atoms with Gasteiger partial charge in [-0.3, -0.25) is 19.2 Å². The first-order valence-corrected chi connectivity index (χ1v) is 15.9. The maximum absolute atomic E-state index is 13.9. The molecule has 0 spiro atoms. The smallest absolute Gasteiger partial charge is 0.338 e. The Balaban J connectivity index is 1.31. The van der Waals surface area contributed by atoms with Gasteiger partial charge in [0.25, 0.3) is 11.8 Å². The van der Waals surface area contributed by atoms with Crippen LogP contribution >= 0.6 is 0 Å². The number of para-hydroxylation sites is 4. The van der Waals surface area contributed by atoms with Gasteiger partial charge in [-0.2, -0.15) is 0 Å². The third-order valence-corrected chi connectivity index (χ3v) is 8.96. The second-order valence-electron chi connectivity index (χ2n) is 12.0. The van der Waals surface area contributed by atoms with Crippen LogP contribution in [0.3, 0.4) is 0 Å². The van der Waals surface area contributed by atoms with Crippen molar-refractivity contribution in [3.8, 4) is 0 Å². The zero-order chi connectivity index (χ0) is 33.9. The van der Waals surface area contributed by atoms with Crippen LogP contribution < -0.4 is 21.3 Å². The zero-order valence-corrected chi connectivity index (χ0v) is 26.1. The zero-order valence-electron chi connectivity index (χ0n) is 26.1. The van der Waals surface area contributed by atoms with Gasteiger partial charge in [0.15, 0.2) is 5.57 Å². The fourth-order valence-electron chi connectivity index (χ4n) is 6.64. The molecule has 5 aromatic carbocycles. The van der Waals surface area contributed by atoms with Gasteiger partial charge in [0.1, 0.15) is 22.8 Å². The number of rotatable bonds is 2. The molecule has 4 heterocycles. The van der Waals surface area contributed by atoms with Crippen LogP contribution in [0.2, 0.25) is 0 Å². The minimum Gasteiger partial charge on any atom is -0.338 e. The van der Waals surface area contributed by atoms with Crippen LogP contribution in [0.15, 0.2) is 142 Å². The predicted octanol–water partition coefficient (Wildman–Crippen LogP) is 5.85. The summed E-state index contributed by atoms with van der Waals surface area (Å²) in [6, 6.07) is 36.2. The van der Waals surface area contributed by atoms with E-state index in [0.29, 0.717) is 79.2 Å². The Hall–Kier alpha value is -7.20. The first-order chi connectivity index (χ1) is 24.4. The molecule has 0 fully saturated rings. The standard InChI is InChI=1S/C40H24N6O4/c47-35-23-15-7-9-17-29(23)43-39(49)31(35)33-25-20-28-26(19-27(25)37(45-33)41-21-11-3-1-4-12-21)34(46-38(28)42-22-13-5-2-6-14-22)32-36(48)24-16-8-10-18-30(24)44-40(32)50/h1-20H,(H,41,45)(H,42,46)(H,43,49)(H,44,50)/p+1/b33-31+,34-32+. The number of amides is 2. The molecule has 10 nitrogen and oxygen atoms in total. The molecule has 0 aromatic heterocycles. The van der Waals surface area contributed by atoms with Gasteiger partial charge in [0.05, 0.1) is 34.1 Å². The van der Waals surface area contributed by atoms with Crippen molar-refractivity contribution in [3.63, 3.8) is 0 Å². The number of benzene rings is 5. The van der Waals surface area contributed by atoms with Crippen LogP contribution in [0.25, 0.3) is 11.4 Å². The van der Waals surface area contributed by atoms with Crippen LogP contribution in [0.5, 0.6) is 0 Å². The molecule has 50 heavy (non-hydrogen) atoms. The van der Waals surface area contributed by atoms with E-state index in [9.17, 15) is 19.2 Å². The molecule has 4 aliphatic heterocycles. The number of hydrogen-bond acceptors (Lipinski definition) is 5. The SMILES string of the molecule is O=C1Nc2ccccc2C(=O)/C1=C1\NC(=Nc2ccccc2)c2cc3c(cc21)C(=Nc1ccccc1)N/C3=C1/C(=O)Nc2ccccc2C1=[OH+]. The van der Waals surface area contributed by atoms with Gasteiger partial charge < -0.3 is 21.3 Å². The summed E-state index contributed by atoms with van der Waals surface area (Å²) in [5.41, 5.74) is 6.06. The highest BCUT2D eigenvalue weighted by atomic mass is 16.2. The number of hydrogen-bond donors (Lipinski definition) is 4. The van der Waals surface area contributed by atoms with E-state index in [1.165, 1.54) is 0 Å². The molecule has 2 amide bonds. The maximum atomic E-state index is 13.9. The van der Waals surface area contributed by atoms with Crippen molar-refractivity contribution in [2.45, 2.75) is 0 Å². The number of nitrogens with zero attached hydrogens (tertiary/aromatic N) is 2. The second kappa shape index (κ2) is 11.2. The molecule has 0 aliphatic carbocycles.